The summed E-state index contributed by atoms with van der Waals surface area (Å²) in [6.45, 7) is 1.99. The van der Waals surface area contributed by atoms with E-state index in [4.69, 9.17) is 10.2 Å². The fourth-order valence-corrected chi connectivity index (χ4v) is 2.88. The molecule has 0 saturated heterocycles. The molecule has 0 fully saturated rings. The molecular weight excluding hydrogens is 328 g/mol. The molecule has 0 spiro atoms. The van der Waals surface area contributed by atoms with Crippen molar-refractivity contribution in [3.05, 3.63) is 77.6 Å². The molecule has 0 radical (unpaired) electrons. The van der Waals surface area contributed by atoms with Crippen molar-refractivity contribution < 1.29 is 14.0 Å². The Morgan fingerprint density at radius 2 is 1.81 bits per heavy atom. The average Bonchev–Trinajstić information content (AvgIpc) is 3.02. The van der Waals surface area contributed by atoms with E-state index in [9.17, 15) is 9.59 Å². The second-order valence-electron chi connectivity index (χ2n) is 5.88. The number of benzene rings is 2. The SMILES string of the molecule is CCc1oc2ccccc2c1/C=C/C(=O)N[C@@H](C(N)=O)c1ccccc1. The van der Waals surface area contributed by atoms with E-state index in [1.54, 1.807) is 30.3 Å². The molecule has 0 aliphatic rings. The van der Waals surface area contributed by atoms with Crippen molar-refractivity contribution in [2.75, 3.05) is 0 Å². The summed E-state index contributed by atoms with van der Waals surface area (Å²) in [6.07, 6.45) is 3.82. The van der Waals surface area contributed by atoms with Gasteiger partial charge in [0, 0.05) is 23.4 Å². The van der Waals surface area contributed by atoms with E-state index >= 15 is 0 Å². The first kappa shape index (κ1) is 17.5. The van der Waals surface area contributed by atoms with Crippen LogP contribution in [0.3, 0.4) is 0 Å². The van der Waals surface area contributed by atoms with E-state index in [1.165, 1.54) is 6.08 Å². The minimum Gasteiger partial charge on any atom is -0.460 e. The number of furan rings is 1. The second-order valence-corrected chi connectivity index (χ2v) is 5.88. The normalized spacial score (nSPS) is 12.3. The van der Waals surface area contributed by atoms with Gasteiger partial charge in [0.05, 0.1) is 0 Å². The number of amides is 2. The van der Waals surface area contributed by atoms with Crippen molar-refractivity contribution in [2.45, 2.75) is 19.4 Å². The largest absolute Gasteiger partial charge is 0.460 e. The maximum Gasteiger partial charge on any atom is 0.244 e. The highest BCUT2D eigenvalue weighted by molar-refractivity contribution is 5.98. The molecule has 0 bridgehead atoms. The van der Waals surface area contributed by atoms with Gasteiger partial charge < -0.3 is 15.5 Å². The van der Waals surface area contributed by atoms with Gasteiger partial charge in [-0.3, -0.25) is 9.59 Å². The number of hydrogen-bond acceptors (Lipinski definition) is 3. The topological polar surface area (TPSA) is 85.3 Å². The smallest absolute Gasteiger partial charge is 0.244 e. The van der Waals surface area contributed by atoms with Crippen molar-refractivity contribution in [1.82, 2.24) is 5.32 Å². The zero-order valence-corrected chi connectivity index (χ0v) is 14.4. The van der Waals surface area contributed by atoms with Crippen molar-refractivity contribution in [3.8, 4) is 0 Å². The molecule has 3 N–H and O–H groups in total. The number of nitrogens with two attached hydrogens (primary N) is 1. The van der Waals surface area contributed by atoms with Crippen LogP contribution in [0.5, 0.6) is 0 Å². The highest BCUT2D eigenvalue weighted by atomic mass is 16.3. The molecule has 3 aromatic rings. The number of fused-ring (bicyclic) bond motifs is 1. The lowest BCUT2D eigenvalue weighted by Crippen LogP contribution is -2.36. The van der Waals surface area contributed by atoms with Gasteiger partial charge in [0.2, 0.25) is 11.8 Å². The summed E-state index contributed by atoms with van der Waals surface area (Å²) >= 11 is 0. The Labute approximate surface area is 151 Å². The summed E-state index contributed by atoms with van der Waals surface area (Å²) in [5.74, 6) is -0.198. The van der Waals surface area contributed by atoms with Crippen LogP contribution in [0.4, 0.5) is 0 Å². The van der Waals surface area contributed by atoms with E-state index in [2.05, 4.69) is 5.32 Å². The van der Waals surface area contributed by atoms with Crippen LogP contribution in [-0.2, 0) is 16.0 Å². The molecule has 3 rings (SSSR count). The quantitative estimate of drug-likeness (QED) is 0.670. The summed E-state index contributed by atoms with van der Waals surface area (Å²) in [6, 6.07) is 15.7. The molecule has 0 unspecified atom stereocenters. The highest BCUT2D eigenvalue weighted by Crippen LogP contribution is 2.27. The van der Waals surface area contributed by atoms with Crippen molar-refractivity contribution >= 4 is 28.9 Å². The molecule has 1 atom stereocenters. The molecule has 0 aliphatic carbocycles. The van der Waals surface area contributed by atoms with Gasteiger partial charge in [-0.25, -0.2) is 0 Å². The lowest BCUT2D eigenvalue weighted by Gasteiger charge is -2.14. The Bertz CT molecular complexity index is 958. The van der Waals surface area contributed by atoms with Crippen LogP contribution in [0.1, 0.15) is 29.9 Å². The van der Waals surface area contributed by atoms with E-state index in [0.29, 0.717) is 12.0 Å². The summed E-state index contributed by atoms with van der Waals surface area (Å²) < 4.78 is 5.81. The summed E-state index contributed by atoms with van der Waals surface area (Å²) in [4.78, 5) is 24.0. The molecule has 5 heteroatoms. The van der Waals surface area contributed by atoms with E-state index in [0.717, 1.165) is 22.3 Å². The maximum atomic E-state index is 12.3. The number of primary amides is 1. The van der Waals surface area contributed by atoms with Crippen molar-refractivity contribution in [1.29, 1.82) is 0 Å². The molecule has 2 amide bonds. The van der Waals surface area contributed by atoms with Crippen LogP contribution in [0.2, 0.25) is 0 Å². The molecule has 0 saturated carbocycles. The van der Waals surface area contributed by atoms with Crippen LogP contribution in [-0.4, -0.2) is 11.8 Å². The van der Waals surface area contributed by atoms with Gasteiger partial charge in [-0.15, -0.1) is 0 Å². The van der Waals surface area contributed by atoms with Crippen LogP contribution in [0.15, 0.2) is 65.1 Å². The lowest BCUT2D eigenvalue weighted by molar-refractivity contribution is -0.125. The monoisotopic (exact) mass is 348 g/mol. The zero-order chi connectivity index (χ0) is 18.5. The van der Waals surface area contributed by atoms with Crippen LogP contribution >= 0.6 is 0 Å². The lowest BCUT2D eigenvalue weighted by atomic mass is 10.1. The third-order valence-electron chi connectivity index (χ3n) is 4.14. The standard InChI is InChI=1S/C21H20N2O3/c1-2-17-16(15-10-6-7-11-18(15)26-17)12-13-19(24)23-20(21(22)25)14-8-4-3-5-9-14/h3-13,20H,2H2,1H3,(H2,22,25)(H,23,24)/b13-12+/t20-/m1/s1. The minimum absolute atomic E-state index is 0.398. The number of nitrogens with one attached hydrogen (secondary N) is 1. The van der Waals surface area contributed by atoms with Gasteiger partial charge in [-0.05, 0) is 17.7 Å². The fourth-order valence-electron chi connectivity index (χ4n) is 2.88. The van der Waals surface area contributed by atoms with E-state index < -0.39 is 17.9 Å². The number of rotatable bonds is 6. The highest BCUT2D eigenvalue weighted by Gasteiger charge is 2.19. The summed E-state index contributed by atoms with van der Waals surface area (Å²) in [7, 11) is 0. The van der Waals surface area contributed by atoms with Gasteiger partial charge in [0.1, 0.15) is 17.4 Å². The van der Waals surface area contributed by atoms with Gasteiger partial charge in [-0.1, -0.05) is 55.5 Å². The molecule has 0 aliphatic heterocycles. The van der Waals surface area contributed by atoms with Crippen molar-refractivity contribution in [2.24, 2.45) is 5.73 Å². The number of aryl methyl sites for hydroxylation is 1. The molecule has 1 heterocycles. The minimum atomic E-state index is -0.875. The number of hydrogen-bond donors (Lipinski definition) is 2. The molecule has 132 valence electrons. The Balaban J connectivity index is 1.82. The molecular formula is C21H20N2O3. The Morgan fingerprint density at radius 1 is 1.12 bits per heavy atom. The van der Waals surface area contributed by atoms with E-state index in [-0.39, 0.29) is 0 Å². The average molecular weight is 348 g/mol. The molecule has 1 aromatic heterocycles. The maximum absolute atomic E-state index is 12.3. The zero-order valence-electron chi connectivity index (χ0n) is 14.4. The molecule has 2 aromatic carbocycles. The summed E-state index contributed by atoms with van der Waals surface area (Å²) in [5, 5.41) is 3.60. The Kier molecular flexibility index (Phi) is 5.17. The van der Waals surface area contributed by atoms with Gasteiger partial charge >= 0.3 is 0 Å². The van der Waals surface area contributed by atoms with Crippen LogP contribution in [0, 0.1) is 0 Å². The Hall–Kier alpha value is -3.34. The number of para-hydroxylation sites is 1. The summed E-state index contributed by atoms with van der Waals surface area (Å²) in [5.41, 5.74) is 7.73. The number of carbonyl (C=O) groups is 2. The molecule has 5 nitrogen and oxygen atoms in total. The molecule has 26 heavy (non-hydrogen) atoms. The first-order valence-electron chi connectivity index (χ1n) is 8.43. The number of carbonyl (C=O) groups excluding carboxylic acids is 2. The fraction of sp³-hybridized carbons (Fsp3) is 0.143. The second kappa shape index (κ2) is 7.70. The predicted molar refractivity (Wildman–Crippen MR) is 101 cm³/mol. The van der Waals surface area contributed by atoms with Crippen LogP contribution < -0.4 is 11.1 Å². The van der Waals surface area contributed by atoms with Gasteiger partial charge in [0.15, 0.2) is 0 Å². The van der Waals surface area contributed by atoms with Gasteiger partial charge in [0.25, 0.3) is 0 Å². The first-order chi connectivity index (χ1) is 12.6. The first-order valence-corrected chi connectivity index (χ1v) is 8.43. The van der Waals surface area contributed by atoms with Gasteiger partial charge in [-0.2, -0.15) is 0 Å². The Morgan fingerprint density at radius 3 is 2.50 bits per heavy atom. The third kappa shape index (κ3) is 3.67. The van der Waals surface area contributed by atoms with Crippen molar-refractivity contribution in [3.63, 3.8) is 0 Å². The third-order valence-corrected chi connectivity index (χ3v) is 4.14. The van der Waals surface area contributed by atoms with E-state index in [1.807, 2.05) is 37.3 Å². The predicted octanol–water partition coefficient (Wildman–Crippen LogP) is 3.35. The van der Waals surface area contributed by atoms with Crippen LogP contribution in [0.25, 0.3) is 17.0 Å².